The number of carbonyl (C=O) groups is 2. The Morgan fingerprint density at radius 3 is 2.86 bits per heavy atom. The molecular weight excluding hydrogens is 270 g/mol. The summed E-state index contributed by atoms with van der Waals surface area (Å²) in [6.45, 7) is 4.08. The molecule has 2 aliphatic rings. The molecule has 0 radical (unpaired) electrons. The molecule has 0 unspecified atom stereocenters. The average Bonchev–Trinajstić information content (AvgIpc) is 3.11. The van der Waals surface area contributed by atoms with E-state index in [4.69, 9.17) is 0 Å². The number of likely N-dealkylation sites (tertiary alicyclic amines) is 2. The number of anilines is 1. The fraction of sp³-hybridized carbons (Fsp3) is 0.643. The van der Waals surface area contributed by atoms with Crippen molar-refractivity contribution in [1.82, 2.24) is 19.6 Å². The molecule has 2 atom stereocenters. The lowest BCUT2D eigenvalue weighted by atomic mass is 10.2. The highest BCUT2D eigenvalue weighted by Gasteiger charge is 2.38. The Hall–Kier alpha value is -1.89. The van der Waals surface area contributed by atoms with Crippen LogP contribution in [0.25, 0.3) is 0 Å². The van der Waals surface area contributed by atoms with Crippen molar-refractivity contribution >= 4 is 17.6 Å². The van der Waals surface area contributed by atoms with Crippen LogP contribution in [-0.2, 0) is 9.59 Å². The van der Waals surface area contributed by atoms with Gasteiger partial charge in [-0.2, -0.15) is 5.10 Å². The van der Waals surface area contributed by atoms with Crippen LogP contribution in [-0.4, -0.2) is 64.1 Å². The summed E-state index contributed by atoms with van der Waals surface area (Å²) in [5, 5.41) is 7.07. The number of hydrogen-bond donors (Lipinski definition) is 1. The van der Waals surface area contributed by atoms with E-state index in [1.165, 1.54) is 6.92 Å². The van der Waals surface area contributed by atoms with E-state index in [0.29, 0.717) is 5.82 Å². The molecule has 0 aliphatic carbocycles. The average molecular weight is 291 g/mol. The van der Waals surface area contributed by atoms with E-state index >= 15 is 0 Å². The number of carbonyl (C=O) groups excluding carboxylic acids is 2. The summed E-state index contributed by atoms with van der Waals surface area (Å²) in [5.41, 5.74) is 0. The molecule has 3 heterocycles. The molecule has 0 bridgehead atoms. The van der Waals surface area contributed by atoms with Crippen LogP contribution in [0.5, 0.6) is 0 Å². The zero-order chi connectivity index (χ0) is 15.0. The Labute approximate surface area is 123 Å². The van der Waals surface area contributed by atoms with Crippen LogP contribution in [0.2, 0.25) is 0 Å². The lowest BCUT2D eigenvalue weighted by Crippen LogP contribution is -2.39. The second-order valence-corrected chi connectivity index (χ2v) is 5.86. The number of hydrogen-bond acceptors (Lipinski definition) is 4. The maximum Gasteiger partial charge on any atom is 0.239 e. The second-order valence-electron chi connectivity index (χ2n) is 5.86. The molecule has 0 saturated carbocycles. The van der Waals surface area contributed by atoms with Crippen LogP contribution in [0.3, 0.4) is 0 Å². The van der Waals surface area contributed by atoms with Crippen LogP contribution < -0.4 is 5.32 Å². The molecule has 1 aromatic heterocycles. The van der Waals surface area contributed by atoms with Gasteiger partial charge in [-0.1, -0.05) is 0 Å². The number of likely N-dealkylation sites (N-methyl/N-ethyl adjacent to an activating group) is 1. The van der Waals surface area contributed by atoms with Crippen molar-refractivity contribution in [3.8, 4) is 0 Å². The Morgan fingerprint density at radius 2 is 2.19 bits per heavy atom. The van der Waals surface area contributed by atoms with Crippen molar-refractivity contribution in [3.63, 3.8) is 0 Å². The van der Waals surface area contributed by atoms with E-state index in [0.717, 1.165) is 32.5 Å². The molecule has 1 N–H and O–H groups in total. The molecule has 7 nitrogen and oxygen atoms in total. The van der Waals surface area contributed by atoms with Crippen LogP contribution in [0.15, 0.2) is 12.3 Å². The highest BCUT2D eigenvalue weighted by atomic mass is 16.2. The fourth-order valence-electron chi connectivity index (χ4n) is 3.20. The number of nitrogens with one attached hydrogen (secondary N) is 1. The molecule has 2 saturated heterocycles. The topological polar surface area (TPSA) is 70.5 Å². The van der Waals surface area contributed by atoms with Crippen molar-refractivity contribution in [2.45, 2.75) is 31.8 Å². The monoisotopic (exact) mass is 291 g/mol. The zero-order valence-electron chi connectivity index (χ0n) is 12.5. The van der Waals surface area contributed by atoms with Gasteiger partial charge in [0.05, 0.1) is 12.1 Å². The Bertz CT molecular complexity index is 555. The summed E-state index contributed by atoms with van der Waals surface area (Å²) in [4.78, 5) is 27.2. The zero-order valence-corrected chi connectivity index (χ0v) is 12.5. The predicted molar refractivity (Wildman–Crippen MR) is 77.8 cm³/mol. The van der Waals surface area contributed by atoms with Gasteiger partial charge < -0.3 is 10.2 Å². The minimum atomic E-state index is -0.118. The van der Waals surface area contributed by atoms with Crippen molar-refractivity contribution < 1.29 is 9.59 Å². The number of nitrogens with zero attached hydrogens (tertiary/aromatic N) is 4. The van der Waals surface area contributed by atoms with Gasteiger partial charge >= 0.3 is 0 Å². The fourth-order valence-corrected chi connectivity index (χ4v) is 3.20. The van der Waals surface area contributed by atoms with Crippen molar-refractivity contribution in [3.05, 3.63) is 12.3 Å². The lowest BCUT2D eigenvalue weighted by Gasteiger charge is -2.22. The summed E-state index contributed by atoms with van der Waals surface area (Å²) >= 11 is 0. The van der Waals surface area contributed by atoms with Crippen molar-refractivity contribution in [1.29, 1.82) is 0 Å². The first-order valence-electron chi connectivity index (χ1n) is 7.36. The van der Waals surface area contributed by atoms with E-state index in [-0.39, 0.29) is 23.9 Å². The third-order valence-corrected chi connectivity index (χ3v) is 4.32. The van der Waals surface area contributed by atoms with E-state index in [2.05, 4.69) is 15.3 Å². The minimum absolute atomic E-state index is 0.0328. The molecule has 2 aliphatic heterocycles. The summed E-state index contributed by atoms with van der Waals surface area (Å²) < 4.78 is 1.90. The van der Waals surface area contributed by atoms with Crippen molar-refractivity contribution in [2.24, 2.45) is 0 Å². The van der Waals surface area contributed by atoms with Gasteiger partial charge in [0.25, 0.3) is 0 Å². The summed E-state index contributed by atoms with van der Waals surface area (Å²) in [6, 6.07) is 2.11. The van der Waals surface area contributed by atoms with Crippen LogP contribution >= 0.6 is 0 Å². The molecule has 2 fully saturated rings. The highest BCUT2D eigenvalue weighted by Crippen LogP contribution is 2.27. The van der Waals surface area contributed by atoms with Crippen LogP contribution in [0, 0.1) is 0 Å². The lowest BCUT2D eigenvalue weighted by molar-refractivity contribution is -0.130. The largest absolute Gasteiger partial charge is 0.344 e. The Morgan fingerprint density at radius 1 is 1.38 bits per heavy atom. The maximum atomic E-state index is 12.1. The molecule has 3 rings (SSSR count). The molecule has 21 heavy (non-hydrogen) atoms. The van der Waals surface area contributed by atoms with E-state index in [1.54, 1.807) is 11.0 Å². The van der Waals surface area contributed by atoms with Gasteiger partial charge in [0, 0.05) is 45.9 Å². The summed E-state index contributed by atoms with van der Waals surface area (Å²) in [7, 11) is 1.86. The Kier molecular flexibility index (Phi) is 3.67. The van der Waals surface area contributed by atoms with Gasteiger partial charge in [-0.15, -0.1) is 0 Å². The standard InChI is InChI=1S/C14H21N5O2/c1-10(20)15-13-5-8-19(16-13)11-3-7-18(9-11)12-4-6-17(2)14(12)21/h5,8,11-12H,3-4,6-7,9H2,1-2H3,(H,15,16,20)/t11-,12+/m1/s1. The number of aromatic nitrogens is 2. The molecule has 7 heteroatoms. The number of amides is 2. The first-order chi connectivity index (χ1) is 10.0. The highest BCUT2D eigenvalue weighted by molar-refractivity contribution is 5.87. The third kappa shape index (κ3) is 2.78. The summed E-state index contributed by atoms with van der Waals surface area (Å²) in [6.07, 6.45) is 3.79. The Balaban J connectivity index is 1.63. The molecule has 1 aromatic rings. The first kappa shape index (κ1) is 14.1. The molecule has 114 valence electrons. The van der Waals surface area contributed by atoms with Gasteiger partial charge in [0.2, 0.25) is 11.8 Å². The van der Waals surface area contributed by atoms with Crippen molar-refractivity contribution in [2.75, 3.05) is 32.0 Å². The van der Waals surface area contributed by atoms with Gasteiger partial charge in [-0.25, -0.2) is 0 Å². The molecule has 2 amide bonds. The van der Waals surface area contributed by atoms with E-state index in [9.17, 15) is 9.59 Å². The van der Waals surface area contributed by atoms with Gasteiger partial charge in [0.1, 0.15) is 0 Å². The second kappa shape index (κ2) is 5.48. The van der Waals surface area contributed by atoms with Gasteiger partial charge in [0.15, 0.2) is 5.82 Å². The van der Waals surface area contributed by atoms with Gasteiger partial charge in [-0.05, 0) is 12.8 Å². The summed E-state index contributed by atoms with van der Waals surface area (Å²) in [5.74, 6) is 0.695. The molecule has 0 aromatic carbocycles. The normalized spacial score (nSPS) is 26.6. The molecular formula is C14H21N5O2. The van der Waals surface area contributed by atoms with E-state index < -0.39 is 0 Å². The predicted octanol–water partition coefficient (Wildman–Crippen LogP) is 0.319. The molecule has 0 spiro atoms. The van der Waals surface area contributed by atoms with Crippen LogP contribution in [0.1, 0.15) is 25.8 Å². The van der Waals surface area contributed by atoms with Crippen LogP contribution in [0.4, 0.5) is 5.82 Å². The SMILES string of the molecule is CC(=O)Nc1ccn([C@@H]2CCN([C@H]3CCN(C)C3=O)C2)n1. The first-order valence-corrected chi connectivity index (χ1v) is 7.36. The van der Waals surface area contributed by atoms with Gasteiger partial charge in [-0.3, -0.25) is 19.2 Å². The minimum Gasteiger partial charge on any atom is -0.344 e. The third-order valence-electron chi connectivity index (χ3n) is 4.32. The number of rotatable bonds is 3. The maximum absolute atomic E-state index is 12.1. The smallest absolute Gasteiger partial charge is 0.239 e. The van der Waals surface area contributed by atoms with E-state index in [1.807, 2.05) is 17.9 Å². The quantitative estimate of drug-likeness (QED) is 0.870.